The van der Waals surface area contributed by atoms with Crippen LogP contribution in [0, 0.1) is 11.6 Å². The van der Waals surface area contributed by atoms with Gasteiger partial charge in [-0.1, -0.05) is 6.07 Å². The number of benzene rings is 1. The fourth-order valence-corrected chi connectivity index (χ4v) is 1.89. The standard InChI is InChI=1S/C14H21F2N3O.HI/c1-4-19(5-2)13(17)18-9-14(3,20)11-7-6-10(15)8-12(11)16;/h6-8,20H,4-5,9H2,1-3H3,(H2,17,18);1H. The average Bonchev–Trinajstić information content (AvgIpc) is 2.37. The third kappa shape index (κ3) is 5.39. The van der Waals surface area contributed by atoms with Crippen molar-refractivity contribution in [2.45, 2.75) is 26.4 Å². The zero-order valence-corrected chi connectivity index (χ0v) is 14.8. The van der Waals surface area contributed by atoms with Crippen LogP contribution in [-0.2, 0) is 5.60 Å². The van der Waals surface area contributed by atoms with Crippen LogP contribution in [0.5, 0.6) is 0 Å². The molecule has 0 aromatic heterocycles. The largest absolute Gasteiger partial charge is 0.383 e. The number of aliphatic imine (C=N–C) groups is 1. The molecule has 0 radical (unpaired) electrons. The fraction of sp³-hybridized carbons (Fsp3) is 0.500. The first-order chi connectivity index (χ1) is 9.31. The molecule has 7 heteroatoms. The van der Waals surface area contributed by atoms with Gasteiger partial charge in [0, 0.05) is 24.7 Å². The summed E-state index contributed by atoms with van der Waals surface area (Å²) in [6.07, 6.45) is 0. The third-order valence-electron chi connectivity index (χ3n) is 3.15. The minimum absolute atomic E-state index is 0. The number of guanidine groups is 1. The van der Waals surface area contributed by atoms with Crippen molar-refractivity contribution in [1.82, 2.24) is 4.90 Å². The quantitative estimate of drug-likeness (QED) is 0.443. The van der Waals surface area contributed by atoms with Crippen LogP contribution in [0.2, 0.25) is 0 Å². The molecule has 4 nitrogen and oxygen atoms in total. The maximum Gasteiger partial charge on any atom is 0.191 e. The van der Waals surface area contributed by atoms with Crippen LogP contribution in [0.3, 0.4) is 0 Å². The fourth-order valence-electron chi connectivity index (χ4n) is 1.89. The van der Waals surface area contributed by atoms with E-state index in [0.717, 1.165) is 12.1 Å². The van der Waals surface area contributed by atoms with Crippen molar-refractivity contribution >= 4 is 29.9 Å². The minimum atomic E-state index is -1.55. The lowest BCUT2D eigenvalue weighted by atomic mass is 9.95. The number of aliphatic hydroxyl groups is 1. The lowest BCUT2D eigenvalue weighted by Gasteiger charge is -2.24. The van der Waals surface area contributed by atoms with E-state index in [4.69, 9.17) is 5.73 Å². The molecule has 3 N–H and O–H groups in total. The van der Waals surface area contributed by atoms with E-state index >= 15 is 0 Å². The molecule has 0 spiro atoms. The van der Waals surface area contributed by atoms with Crippen molar-refractivity contribution < 1.29 is 13.9 Å². The molecule has 120 valence electrons. The summed E-state index contributed by atoms with van der Waals surface area (Å²) in [5.74, 6) is -1.20. The Morgan fingerprint density at radius 3 is 2.38 bits per heavy atom. The Labute approximate surface area is 141 Å². The second-order valence-corrected chi connectivity index (χ2v) is 4.74. The molecular formula is C14H22F2IN3O. The molecule has 0 aliphatic rings. The molecule has 0 saturated heterocycles. The molecule has 1 rings (SSSR count). The van der Waals surface area contributed by atoms with Crippen LogP contribution in [0.1, 0.15) is 26.3 Å². The molecular weight excluding hydrogens is 391 g/mol. The van der Waals surface area contributed by atoms with Gasteiger partial charge in [-0.3, -0.25) is 0 Å². The molecule has 1 aromatic rings. The van der Waals surface area contributed by atoms with Gasteiger partial charge in [-0.2, -0.15) is 0 Å². The van der Waals surface area contributed by atoms with Gasteiger partial charge in [-0.05, 0) is 26.8 Å². The number of hydrogen-bond acceptors (Lipinski definition) is 2. The molecule has 1 unspecified atom stereocenters. The number of rotatable bonds is 5. The van der Waals surface area contributed by atoms with Gasteiger partial charge in [0.2, 0.25) is 0 Å². The van der Waals surface area contributed by atoms with Crippen LogP contribution in [0.15, 0.2) is 23.2 Å². The lowest BCUT2D eigenvalue weighted by molar-refractivity contribution is 0.0630. The third-order valence-corrected chi connectivity index (χ3v) is 3.15. The summed E-state index contributed by atoms with van der Waals surface area (Å²) in [5.41, 5.74) is 4.25. The minimum Gasteiger partial charge on any atom is -0.383 e. The summed E-state index contributed by atoms with van der Waals surface area (Å²) in [7, 11) is 0. The van der Waals surface area contributed by atoms with Crippen molar-refractivity contribution in [2.24, 2.45) is 10.7 Å². The molecule has 21 heavy (non-hydrogen) atoms. The zero-order chi connectivity index (χ0) is 15.3. The maximum atomic E-state index is 13.7. The highest BCUT2D eigenvalue weighted by atomic mass is 127. The van der Waals surface area contributed by atoms with Gasteiger partial charge < -0.3 is 15.7 Å². The van der Waals surface area contributed by atoms with Crippen LogP contribution in [-0.4, -0.2) is 35.6 Å². The van der Waals surface area contributed by atoms with Crippen molar-refractivity contribution in [3.05, 3.63) is 35.4 Å². The van der Waals surface area contributed by atoms with Gasteiger partial charge in [-0.15, -0.1) is 24.0 Å². The second-order valence-electron chi connectivity index (χ2n) is 4.74. The number of nitrogens with zero attached hydrogens (tertiary/aromatic N) is 2. The van der Waals surface area contributed by atoms with Crippen LogP contribution >= 0.6 is 24.0 Å². The molecule has 1 atom stereocenters. The van der Waals surface area contributed by atoms with E-state index in [0.29, 0.717) is 13.1 Å². The van der Waals surface area contributed by atoms with Crippen LogP contribution in [0.4, 0.5) is 8.78 Å². The van der Waals surface area contributed by atoms with Gasteiger partial charge in [0.05, 0.1) is 6.54 Å². The summed E-state index contributed by atoms with van der Waals surface area (Å²) in [6.45, 7) is 6.57. The Bertz CT molecular complexity index is 491. The van der Waals surface area contributed by atoms with Crippen molar-refractivity contribution in [3.8, 4) is 0 Å². The molecule has 0 amide bonds. The van der Waals surface area contributed by atoms with Gasteiger partial charge in [0.1, 0.15) is 17.2 Å². The van der Waals surface area contributed by atoms with Crippen molar-refractivity contribution in [1.29, 1.82) is 0 Å². The second kappa shape index (κ2) is 8.47. The summed E-state index contributed by atoms with van der Waals surface area (Å²) < 4.78 is 26.5. The Morgan fingerprint density at radius 2 is 1.90 bits per heavy atom. The Hall–Kier alpha value is -0.960. The molecule has 0 fully saturated rings. The molecule has 0 aliphatic carbocycles. The van der Waals surface area contributed by atoms with E-state index in [1.54, 1.807) is 0 Å². The highest BCUT2D eigenvalue weighted by Crippen LogP contribution is 2.24. The first-order valence-electron chi connectivity index (χ1n) is 6.54. The van der Waals surface area contributed by atoms with E-state index in [1.807, 2.05) is 18.7 Å². The summed E-state index contributed by atoms with van der Waals surface area (Å²) in [4.78, 5) is 5.90. The van der Waals surface area contributed by atoms with Crippen molar-refractivity contribution in [2.75, 3.05) is 19.6 Å². The zero-order valence-electron chi connectivity index (χ0n) is 12.4. The van der Waals surface area contributed by atoms with Gasteiger partial charge in [-0.25, -0.2) is 13.8 Å². The van der Waals surface area contributed by atoms with Crippen LogP contribution in [0.25, 0.3) is 0 Å². The predicted molar refractivity (Wildman–Crippen MR) is 90.8 cm³/mol. The average molecular weight is 413 g/mol. The Kier molecular flexibility index (Phi) is 8.09. The predicted octanol–water partition coefficient (Wildman–Crippen LogP) is 2.45. The normalized spacial score (nSPS) is 14.3. The molecule has 0 saturated carbocycles. The monoisotopic (exact) mass is 413 g/mol. The smallest absolute Gasteiger partial charge is 0.191 e. The number of hydrogen-bond donors (Lipinski definition) is 2. The van der Waals surface area contributed by atoms with Gasteiger partial charge in [0.25, 0.3) is 0 Å². The highest BCUT2D eigenvalue weighted by molar-refractivity contribution is 14.0. The van der Waals surface area contributed by atoms with E-state index in [1.165, 1.54) is 13.0 Å². The topological polar surface area (TPSA) is 61.8 Å². The Balaban J connectivity index is 0.00000400. The first kappa shape index (κ1) is 20.0. The maximum absolute atomic E-state index is 13.7. The molecule has 0 bridgehead atoms. The van der Waals surface area contributed by atoms with E-state index < -0.39 is 17.2 Å². The van der Waals surface area contributed by atoms with Gasteiger partial charge in [0.15, 0.2) is 5.96 Å². The summed E-state index contributed by atoms with van der Waals surface area (Å²) in [6, 6.07) is 3.05. The summed E-state index contributed by atoms with van der Waals surface area (Å²) in [5, 5.41) is 10.3. The summed E-state index contributed by atoms with van der Waals surface area (Å²) >= 11 is 0. The Morgan fingerprint density at radius 1 is 1.33 bits per heavy atom. The lowest BCUT2D eigenvalue weighted by Crippen LogP contribution is -2.38. The van der Waals surface area contributed by atoms with E-state index in [9.17, 15) is 13.9 Å². The molecule has 1 aromatic carbocycles. The SMILES string of the molecule is CCN(CC)C(N)=NCC(C)(O)c1ccc(F)cc1F.I. The molecule has 0 heterocycles. The first-order valence-corrected chi connectivity index (χ1v) is 6.54. The van der Waals surface area contributed by atoms with E-state index in [-0.39, 0.29) is 42.0 Å². The van der Waals surface area contributed by atoms with Gasteiger partial charge >= 0.3 is 0 Å². The van der Waals surface area contributed by atoms with Crippen molar-refractivity contribution in [3.63, 3.8) is 0 Å². The van der Waals surface area contributed by atoms with E-state index in [2.05, 4.69) is 4.99 Å². The molecule has 0 aliphatic heterocycles. The number of nitrogens with two attached hydrogens (primary N) is 1. The number of halogens is 3. The van der Waals surface area contributed by atoms with Crippen LogP contribution < -0.4 is 5.73 Å². The highest BCUT2D eigenvalue weighted by Gasteiger charge is 2.27.